The Morgan fingerprint density at radius 2 is 1.88 bits per heavy atom. The number of hydrogen-bond acceptors (Lipinski definition) is 1. The van der Waals surface area contributed by atoms with Gasteiger partial charge in [0, 0.05) is 5.56 Å². The van der Waals surface area contributed by atoms with Gasteiger partial charge in [-0.3, -0.25) is 4.79 Å². The summed E-state index contributed by atoms with van der Waals surface area (Å²) in [6.45, 7) is 5.72. The molecule has 0 N–H and O–H groups in total. The summed E-state index contributed by atoms with van der Waals surface area (Å²) in [4.78, 5) is 12.1. The summed E-state index contributed by atoms with van der Waals surface area (Å²) >= 11 is 5.92. The molecule has 1 atom stereocenters. The van der Waals surface area contributed by atoms with Crippen molar-refractivity contribution in [2.45, 2.75) is 26.1 Å². The summed E-state index contributed by atoms with van der Waals surface area (Å²) in [5, 5.41) is 1.60. The highest BCUT2D eigenvalue weighted by atomic mass is 35.5. The van der Waals surface area contributed by atoms with E-state index in [2.05, 4.69) is 6.07 Å². The standard InChI is InChI=1S/C15H15ClO/c1-9-4-7-13-12(8-9)6-5-10(2)14(13)15(17)11(3)16/h4-8,11H,1-3H3. The monoisotopic (exact) mass is 246 g/mol. The van der Waals surface area contributed by atoms with Crippen molar-refractivity contribution >= 4 is 28.2 Å². The number of carbonyl (C=O) groups excluding carboxylic acids is 1. The summed E-state index contributed by atoms with van der Waals surface area (Å²) in [6, 6.07) is 10.1. The second-order valence-electron chi connectivity index (χ2n) is 4.46. The van der Waals surface area contributed by atoms with Gasteiger partial charge in [-0.1, -0.05) is 35.9 Å². The molecule has 2 aromatic carbocycles. The van der Waals surface area contributed by atoms with E-state index in [9.17, 15) is 4.79 Å². The van der Waals surface area contributed by atoms with Crippen LogP contribution in [0, 0.1) is 13.8 Å². The maximum atomic E-state index is 12.1. The van der Waals surface area contributed by atoms with Crippen LogP contribution in [0.5, 0.6) is 0 Å². The molecule has 17 heavy (non-hydrogen) atoms. The van der Waals surface area contributed by atoms with E-state index < -0.39 is 5.38 Å². The van der Waals surface area contributed by atoms with E-state index in [0.29, 0.717) is 0 Å². The number of ketones is 1. The Hall–Kier alpha value is -1.34. The lowest BCUT2D eigenvalue weighted by Crippen LogP contribution is -2.12. The summed E-state index contributed by atoms with van der Waals surface area (Å²) in [6.07, 6.45) is 0. The Morgan fingerprint density at radius 3 is 2.53 bits per heavy atom. The first-order valence-electron chi connectivity index (χ1n) is 5.69. The Morgan fingerprint density at radius 1 is 1.18 bits per heavy atom. The molecule has 0 saturated heterocycles. The first-order valence-corrected chi connectivity index (χ1v) is 6.12. The van der Waals surface area contributed by atoms with Crippen molar-refractivity contribution in [2.24, 2.45) is 0 Å². The molecule has 1 unspecified atom stereocenters. The van der Waals surface area contributed by atoms with Crippen LogP contribution in [0.3, 0.4) is 0 Å². The lowest BCUT2D eigenvalue weighted by atomic mass is 9.94. The predicted octanol–water partition coefficient (Wildman–Crippen LogP) is 4.27. The smallest absolute Gasteiger partial charge is 0.181 e. The van der Waals surface area contributed by atoms with Crippen LogP contribution in [-0.2, 0) is 0 Å². The number of alkyl halides is 1. The minimum atomic E-state index is -0.486. The number of aryl methyl sites for hydroxylation is 2. The van der Waals surface area contributed by atoms with Crippen molar-refractivity contribution in [1.82, 2.24) is 0 Å². The molecule has 88 valence electrons. The van der Waals surface area contributed by atoms with E-state index in [0.717, 1.165) is 21.9 Å². The number of benzene rings is 2. The summed E-state index contributed by atoms with van der Waals surface area (Å²) in [7, 11) is 0. The molecule has 0 fully saturated rings. The van der Waals surface area contributed by atoms with Crippen molar-refractivity contribution in [3.63, 3.8) is 0 Å². The highest BCUT2D eigenvalue weighted by Gasteiger charge is 2.17. The Kier molecular flexibility index (Phi) is 3.21. The maximum absolute atomic E-state index is 12.1. The molecule has 2 rings (SSSR count). The number of halogens is 1. The molecule has 0 saturated carbocycles. The van der Waals surface area contributed by atoms with Crippen molar-refractivity contribution < 1.29 is 4.79 Å². The van der Waals surface area contributed by atoms with Gasteiger partial charge in [0.15, 0.2) is 5.78 Å². The van der Waals surface area contributed by atoms with Gasteiger partial charge in [-0.25, -0.2) is 0 Å². The van der Waals surface area contributed by atoms with Crippen LogP contribution in [0.25, 0.3) is 10.8 Å². The fourth-order valence-electron chi connectivity index (χ4n) is 2.08. The lowest BCUT2D eigenvalue weighted by Gasteiger charge is -2.11. The van der Waals surface area contributed by atoms with Crippen molar-refractivity contribution in [2.75, 3.05) is 0 Å². The van der Waals surface area contributed by atoms with Crippen LogP contribution in [0.1, 0.15) is 28.4 Å². The van der Waals surface area contributed by atoms with Crippen LogP contribution < -0.4 is 0 Å². The fourth-order valence-corrected chi connectivity index (χ4v) is 2.19. The van der Waals surface area contributed by atoms with Gasteiger partial charge >= 0.3 is 0 Å². The average Bonchev–Trinajstić information content (AvgIpc) is 2.28. The molecule has 0 aliphatic carbocycles. The van der Waals surface area contributed by atoms with E-state index in [1.807, 2.05) is 38.1 Å². The third-order valence-corrected chi connectivity index (χ3v) is 3.19. The van der Waals surface area contributed by atoms with Crippen LogP contribution in [0.4, 0.5) is 0 Å². The molecular weight excluding hydrogens is 232 g/mol. The van der Waals surface area contributed by atoms with E-state index >= 15 is 0 Å². The second-order valence-corrected chi connectivity index (χ2v) is 5.12. The molecule has 1 nitrogen and oxygen atoms in total. The zero-order chi connectivity index (χ0) is 12.6. The summed E-state index contributed by atoms with van der Waals surface area (Å²) in [5.41, 5.74) is 2.93. The molecule has 0 aromatic heterocycles. The predicted molar refractivity (Wildman–Crippen MR) is 73.1 cm³/mol. The maximum Gasteiger partial charge on any atom is 0.181 e. The minimum Gasteiger partial charge on any atom is -0.292 e. The quantitative estimate of drug-likeness (QED) is 0.571. The third-order valence-electron chi connectivity index (χ3n) is 2.99. The molecule has 2 aromatic rings. The van der Waals surface area contributed by atoms with E-state index in [4.69, 9.17) is 11.6 Å². The van der Waals surface area contributed by atoms with Gasteiger partial charge in [0.05, 0.1) is 5.38 Å². The van der Waals surface area contributed by atoms with Gasteiger partial charge in [0.1, 0.15) is 0 Å². The number of fused-ring (bicyclic) bond motifs is 1. The van der Waals surface area contributed by atoms with Crippen LogP contribution in [-0.4, -0.2) is 11.2 Å². The van der Waals surface area contributed by atoms with E-state index in [-0.39, 0.29) is 5.78 Å². The fraction of sp³-hybridized carbons (Fsp3) is 0.267. The average molecular weight is 247 g/mol. The first kappa shape index (κ1) is 12.1. The highest BCUT2D eigenvalue weighted by molar-refractivity contribution is 6.35. The van der Waals surface area contributed by atoms with Gasteiger partial charge in [0.25, 0.3) is 0 Å². The van der Waals surface area contributed by atoms with E-state index in [1.54, 1.807) is 6.92 Å². The number of rotatable bonds is 2. The highest BCUT2D eigenvalue weighted by Crippen LogP contribution is 2.25. The summed E-state index contributed by atoms with van der Waals surface area (Å²) in [5.74, 6) is -0.00128. The van der Waals surface area contributed by atoms with Gasteiger partial charge in [-0.15, -0.1) is 11.6 Å². The topological polar surface area (TPSA) is 17.1 Å². The summed E-state index contributed by atoms with van der Waals surface area (Å²) < 4.78 is 0. The molecule has 0 heterocycles. The Labute approximate surface area is 106 Å². The van der Waals surface area contributed by atoms with Gasteiger partial charge in [-0.2, -0.15) is 0 Å². The Bertz CT molecular complexity index is 585. The molecule has 0 aliphatic rings. The molecule has 0 bridgehead atoms. The van der Waals surface area contributed by atoms with Crippen LogP contribution in [0.15, 0.2) is 30.3 Å². The Balaban J connectivity index is 2.76. The van der Waals surface area contributed by atoms with Crippen LogP contribution >= 0.6 is 11.6 Å². The lowest BCUT2D eigenvalue weighted by molar-refractivity contribution is 0.0993. The molecule has 0 aliphatic heterocycles. The van der Waals surface area contributed by atoms with E-state index in [1.165, 1.54) is 5.56 Å². The van der Waals surface area contributed by atoms with Crippen LogP contribution in [0.2, 0.25) is 0 Å². The number of Topliss-reactive ketones (excluding diaryl/α,β-unsaturated/α-hetero) is 1. The second kappa shape index (κ2) is 4.50. The molecule has 0 amide bonds. The number of carbonyl (C=O) groups is 1. The SMILES string of the molecule is Cc1ccc2c(C(=O)C(C)Cl)c(C)ccc2c1. The van der Waals surface area contributed by atoms with Crippen molar-refractivity contribution in [3.05, 3.63) is 47.0 Å². The molecule has 0 spiro atoms. The zero-order valence-electron chi connectivity index (χ0n) is 10.3. The molecular formula is C15H15ClO. The zero-order valence-corrected chi connectivity index (χ0v) is 11.0. The van der Waals surface area contributed by atoms with Gasteiger partial charge in [0.2, 0.25) is 0 Å². The molecule has 2 heteroatoms. The van der Waals surface area contributed by atoms with Crippen molar-refractivity contribution in [1.29, 1.82) is 0 Å². The van der Waals surface area contributed by atoms with Gasteiger partial charge < -0.3 is 0 Å². The minimum absolute atomic E-state index is 0.00128. The number of hydrogen-bond donors (Lipinski definition) is 0. The largest absolute Gasteiger partial charge is 0.292 e. The van der Waals surface area contributed by atoms with Crippen molar-refractivity contribution in [3.8, 4) is 0 Å². The first-order chi connectivity index (χ1) is 8.00. The third kappa shape index (κ3) is 2.20. The van der Waals surface area contributed by atoms with Gasteiger partial charge in [-0.05, 0) is 37.1 Å². The molecule has 0 radical (unpaired) electrons. The normalized spacial score (nSPS) is 12.7.